The SMILES string of the molecule is CN=C(NCc1ccc(Br)cc1Cl)N1CCN(C(=O)C2CCCO2)CC1. The van der Waals surface area contributed by atoms with Crippen molar-refractivity contribution in [2.75, 3.05) is 39.8 Å². The van der Waals surface area contributed by atoms with Gasteiger partial charge in [-0.2, -0.15) is 0 Å². The molecule has 1 unspecified atom stereocenters. The van der Waals surface area contributed by atoms with E-state index in [1.165, 1.54) is 0 Å². The summed E-state index contributed by atoms with van der Waals surface area (Å²) in [5.41, 5.74) is 1.02. The number of hydrogen-bond acceptors (Lipinski definition) is 3. The van der Waals surface area contributed by atoms with E-state index in [0.717, 1.165) is 41.9 Å². The van der Waals surface area contributed by atoms with E-state index in [9.17, 15) is 4.79 Å². The van der Waals surface area contributed by atoms with Gasteiger partial charge < -0.3 is 19.9 Å². The van der Waals surface area contributed by atoms with Gasteiger partial charge in [0.15, 0.2) is 5.96 Å². The Labute approximate surface area is 167 Å². The Morgan fingerprint density at radius 1 is 1.35 bits per heavy atom. The molecule has 8 heteroatoms. The van der Waals surface area contributed by atoms with Crippen molar-refractivity contribution < 1.29 is 9.53 Å². The summed E-state index contributed by atoms with van der Waals surface area (Å²) < 4.78 is 6.47. The second kappa shape index (κ2) is 9.06. The summed E-state index contributed by atoms with van der Waals surface area (Å²) in [5, 5.41) is 4.08. The molecule has 1 amide bonds. The lowest BCUT2D eigenvalue weighted by Crippen LogP contribution is -2.55. The van der Waals surface area contributed by atoms with E-state index in [1.807, 2.05) is 23.1 Å². The van der Waals surface area contributed by atoms with Crippen molar-refractivity contribution in [3.05, 3.63) is 33.3 Å². The molecule has 2 saturated heterocycles. The zero-order chi connectivity index (χ0) is 18.5. The lowest BCUT2D eigenvalue weighted by atomic mass is 10.2. The summed E-state index contributed by atoms with van der Waals surface area (Å²) in [6.45, 7) is 4.20. The number of carbonyl (C=O) groups excluding carboxylic acids is 1. The highest BCUT2D eigenvalue weighted by Gasteiger charge is 2.30. The number of guanidine groups is 1. The summed E-state index contributed by atoms with van der Waals surface area (Å²) >= 11 is 9.69. The molecule has 2 aliphatic rings. The molecular weight excluding hydrogens is 420 g/mol. The van der Waals surface area contributed by atoms with Crippen LogP contribution in [-0.2, 0) is 16.1 Å². The normalized spacial score (nSPS) is 21.2. The molecule has 3 rings (SSSR count). The molecule has 1 atom stereocenters. The van der Waals surface area contributed by atoms with Crippen LogP contribution in [0.3, 0.4) is 0 Å². The first-order valence-corrected chi connectivity index (χ1v) is 10.1. The van der Waals surface area contributed by atoms with Gasteiger partial charge in [0.2, 0.25) is 0 Å². The number of nitrogens with zero attached hydrogens (tertiary/aromatic N) is 3. The summed E-state index contributed by atoms with van der Waals surface area (Å²) in [5.74, 6) is 0.958. The number of benzene rings is 1. The van der Waals surface area contributed by atoms with Gasteiger partial charge >= 0.3 is 0 Å². The average Bonchev–Trinajstić information content (AvgIpc) is 3.18. The summed E-state index contributed by atoms with van der Waals surface area (Å²) in [6, 6.07) is 5.85. The van der Waals surface area contributed by atoms with Crippen molar-refractivity contribution in [2.45, 2.75) is 25.5 Å². The Bertz CT molecular complexity index is 671. The number of halogens is 2. The first kappa shape index (κ1) is 19.5. The number of nitrogens with one attached hydrogen (secondary N) is 1. The highest BCUT2D eigenvalue weighted by molar-refractivity contribution is 9.10. The first-order valence-electron chi connectivity index (χ1n) is 8.88. The van der Waals surface area contributed by atoms with E-state index in [2.05, 4.69) is 31.1 Å². The smallest absolute Gasteiger partial charge is 0.251 e. The molecule has 1 aromatic rings. The molecule has 0 bridgehead atoms. The first-order chi connectivity index (χ1) is 12.6. The van der Waals surface area contributed by atoms with Gasteiger partial charge in [-0.15, -0.1) is 0 Å². The van der Waals surface area contributed by atoms with Crippen LogP contribution in [0.4, 0.5) is 0 Å². The molecule has 26 heavy (non-hydrogen) atoms. The largest absolute Gasteiger partial charge is 0.368 e. The van der Waals surface area contributed by atoms with Gasteiger partial charge in [-0.1, -0.05) is 33.6 Å². The second-order valence-corrected chi connectivity index (χ2v) is 7.77. The molecule has 6 nitrogen and oxygen atoms in total. The van der Waals surface area contributed by atoms with Crippen LogP contribution in [0.2, 0.25) is 5.02 Å². The van der Waals surface area contributed by atoms with Gasteiger partial charge in [-0.3, -0.25) is 9.79 Å². The van der Waals surface area contributed by atoms with Gasteiger partial charge in [-0.05, 0) is 30.5 Å². The molecule has 2 aliphatic heterocycles. The van der Waals surface area contributed by atoms with Crippen molar-refractivity contribution in [1.82, 2.24) is 15.1 Å². The molecule has 0 aliphatic carbocycles. The van der Waals surface area contributed by atoms with Crippen molar-refractivity contribution >= 4 is 39.4 Å². The minimum Gasteiger partial charge on any atom is -0.368 e. The number of ether oxygens (including phenoxy) is 1. The van der Waals surface area contributed by atoms with Crippen LogP contribution in [0, 0.1) is 0 Å². The molecular formula is C18H24BrClN4O2. The predicted octanol–water partition coefficient (Wildman–Crippen LogP) is 2.50. The van der Waals surface area contributed by atoms with Gasteiger partial charge in [0.1, 0.15) is 6.10 Å². The van der Waals surface area contributed by atoms with Gasteiger partial charge in [-0.25, -0.2) is 0 Å². The van der Waals surface area contributed by atoms with E-state index >= 15 is 0 Å². The van der Waals surface area contributed by atoms with Crippen LogP contribution in [0.15, 0.2) is 27.7 Å². The van der Waals surface area contributed by atoms with Crippen LogP contribution in [0.1, 0.15) is 18.4 Å². The van der Waals surface area contributed by atoms with Crippen LogP contribution in [-0.4, -0.2) is 67.6 Å². The maximum absolute atomic E-state index is 12.4. The predicted molar refractivity (Wildman–Crippen MR) is 106 cm³/mol. The lowest BCUT2D eigenvalue weighted by Gasteiger charge is -2.37. The third kappa shape index (κ3) is 4.69. The van der Waals surface area contributed by atoms with Crippen LogP contribution >= 0.6 is 27.5 Å². The van der Waals surface area contributed by atoms with E-state index in [0.29, 0.717) is 31.3 Å². The molecule has 2 fully saturated rings. The fourth-order valence-electron chi connectivity index (χ4n) is 3.29. The van der Waals surface area contributed by atoms with Gasteiger partial charge in [0, 0.05) is 55.9 Å². The number of hydrogen-bond donors (Lipinski definition) is 1. The van der Waals surface area contributed by atoms with Crippen molar-refractivity contribution in [3.63, 3.8) is 0 Å². The monoisotopic (exact) mass is 442 g/mol. The van der Waals surface area contributed by atoms with Crippen LogP contribution in [0.5, 0.6) is 0 Å². The highest BCUT2D eigenvalue weighted by atomic mass is 79.9. The molecule has 2 heterocycles. The number of aliphatic imine (C=N–C) groups is 1. The zero-order valence-electron chi connectivity index (χ0n) is 14.9. The highest BCUT2D eigenvalue weighted by Crippen LogP contribution is 2.21. The number of amides is 1. The Kier molecular flexibility index (Phi) is 6.78. The van der Waals surface area contributed by atoms with Crippen molar-refractivity contribution in [3.8, 4) is 0 Å². The minimum absolute atomic E-state index is 0.131. The Hall–Kier alpha value is -1.31. The summed E-state index contributed by atoms with van der Waals surface area (Å²) in [6.07, 6.45) is 1.58. The molecule has 0 saturated carbocycles. The van der Waals surface area contributed by atoms with E-state index < -0.39 is 0 Å². The lowest BCUT2D eigenvalue weighted by molar-refractivity contribution is -0.142. The van der Waals surface area contributed by atoms with E-state index in [1.54, 1.807) is 7.05 Å². The summed E-state index contributed by atoms with van der Waals surface area (Å²) in [7, 11) is 1.77. The maximum atomic E-state index is 12.4. The van der Waals surface area contributed by atoms with Crippen LogP contribution in [0.25, 0.3) is 0 Å². The van der Waals surface area contributed by atoms with E-state index in [4.69, 9.17) is 16.3 Å². The molecule has 0 spiro atoms. The number of piperazine rings is 1. The molecule has 0 radical (unpaired) electrons. The zero-order valence-corrected chi connectivity index (χ0v) is 17.2. The van der Waals surface area contributed by atoms with Crippen molar-refractivity contribution in [2.24, 2.45) is 4.99 Å². The standard InChI is InChI=1S/C18H24BrClN4O2/c1-21-18(22-12-13-4-5-14(19)11-15(13)20)24-8-6-23(7-9-24)17(25)16-3-2-10-26-16/h4-5,11,16H,2-3,6-10,12H2,1H3,(H,21,22). The molecule has 1 N–H and O–H groups in total. The maximum Gasteiger partial charge on any atom is 0.251 e. The number of rotatable bonds is 3. The third-order valence-electron chi connectivity index (χ3n) is 4.76. The number of carbonyl (C=O) groups is 1. The molecule has 1 aromatic carbocycles. The third-order valence-corrected chi connectivity index (χ3v) is 5.60. The minimum atomic E-state index is -0.237. The molecule has 0 aromatic heterocycles. The van der Waals surface area contributed by atoms with Crippen molar-refractivity contribution in [1.29, 1.82) is 0 Å². The van der Waals surface area contributed by atoms with E-state index in [-0.39, 0.29) is 12.0 Å². The topological polar surface area (TPSA) is 57.2 Å². The Morgan fingerprint density at radius 3 is 2.69 bits per heavy atom. The second-order valence-electron chi connectivity index (χ2n) is 6.45. The fraction of sp³-hybridized carbons (Fsp3) is 0.556. The van der Waals surface area contributed by atoms with Gasteiger partial charge in [0.05, 0.1) is 0 Å². The fourth-order valence-corrected chi connectivity index (χ4v) is 4.03. The Balaban J connectivity index is 1.51. The summed E-state index contributed by atoms with van der Waals surface area (Å²) in [4.78, 5) is 20.9. The quantitative estimate of drug-likeness (QED) is 0.576. The Morgan fingerprint density at radius 2 is 2.08 bits per heavy atom. The van der Waals surface area contributed by atoms with Crippen LogP contribution < -0.4 is 5.32 Å². The average molecular weight is 444 g/mol. The molecule has 142 valence electrons. The van der Waals surface area contributed by atoms with Gasteiger partial charge in [0.25, 0.3) is 5.91 Å².